The summed E-state index contributed by atoms with van der Waals surface area (Å²) in [6.07, 6.45) is 13.3. The van der Waals surface area contributed by atoms with Crippen LogP contribution in [0.25, 0.3) is 0 Å². The SMILES string of the molecule is CCCCCI(CCCCC)CCCCC. The monoisotopic (exact) mass is 340 g/mol. The molecular weight excluding hydrogens is 307 g/mol. The summed E-state index contributed by atoms with van der Waals surface area (Å²) >= 11 is -0.505. The summed E-state index contributed by atoms with van der Waals surface area (Å²) in [4.78, 5) is 0. The van der Waals surface area contributed by atoms with E-state index in [1.165, 1.54) is 38.5 Å². The summed E-state index contributed by atoms with van der Waals surface area (Å²) in [6, 6.07) is 0. The van der Waals surface area contributed by atoms with E-state index in [2.05, 4.69) is 20.8 Å². The molecule has 100 valence electrons. The molecule has 0 atom stereocenters. The molecule has 0 nitrogen and oxygen atoms in total. The third-order valence-electron chi connectivity index (χ3n) is 3.01. The van der Waals surface area contributed by atoms with Crippen molar-refractivity contribution >= 4 is 19.8 Å². The molecule has 0 rings (SSSR count). The van der Waals surface area contributed by atoms with Gasteiger partial charge in [0.1, 0.15) is 0 Å². The van der Waals surface area contributed by atoms with Crippen LogP contribution in [-0.2, 0) is 0 Å². The summed E-state index contributed by atoms with van der Waals surface area (Å²) in [5, 5.41) is 0. The van der Waals surface area contributed by atoms with Gasteiger partial charge in [0.15, 0.2) is 0 Å². The number of hydrogen-bond acceptors (Lipinski definition) is 0. The Morgan fingerprint density at radius 1 is 0.500 bits per heavy atom. The van der Waals surface area contributed by atoms with Gasteiger partial charge in [-0.15, -0.1) is 0 Å². The van der Waals surface area contributed by atoms with Gasteiger partial charge in [-0.3, -0.25) is 0 Å². The molecule has 0 bridgehead atoms. The fraction of sp³-hybridized carbons (Fsp3) is 1.00. The van der Waals surface area contributed by atoms with Crippen LogP contribution in [0.2, 0.25) is 0 Å². The first kappa shape index (κ1) is 16.7. The molecule has 0 aromatic heterocycles. The van der Waals surface area contributed by atoms with Gasteiger partial charge in [0.05, 0.1) is 0 Å². The van der Waals surface area contributed by atoms with Crippen LogP contribution in [-0.4, -0.2) is 13.3 Å². The van der Waals surface area contributed by atoms with Crippen LogP contribution in [0.5, 0.6) is 0 Å². The maximum absolute atomic E-state index is 2.33. The average molecular weight is 340 g/mol. The Labute approximate surface area is 111 Å². The summed E-state index contributed by atoms with van der Waals surface area (Å²) in [6.45, 7) is 6.98. The average Bonchev–Trinajstić information content (AvgIpc) is 2.29. The van der Waals surface area contributed by atoms with Gasteiger partial charge in [0.2, 0.25) is 0 Å². The van der Waals surface area contributed by atoms with Crippen molar-refractivity contribution in [3.05, 3.63) is 0 Å². The van der Waals surface area contributed by atoms with Crippen molar-refractivity contribution in [2.45, 2.75) is 78.6 Å². The second kappa shape index (κ2) is 13.8. The van der Waals surface area contributed by atoms with Gasteiger partial charge in [-0.25, -0.2) is 0 Å². The first-order valence-electron chi connectivity index (χ1n) is 7.42. The van der Waals surface area contributed by atoms with E-state index in [9.17, 15) is 0 Å². The molecule has 1 heteroatoms. The summed E-state index contributed by atoms with van der Waals surface area (Å²) < 4.78 is 4.97. The van der Waals surface area contributed by atoms with Gasteiger partial charge >= 0.3 is 112 Å². The number of halogens is 1. The molecule has 0 N–H and O–H groups in total. The zero-order valence-electron chi connectivity index (χ0n) is 11.9. The molecule has 0 aliphatic rings. The first-order valence-corrected chi connectivity index (χ1v) is 12.0. The number of unbranched alkanes of at least 4 members (excludes halogenated alkanes) is 6. The van der Waals surface area contributed by atoms with Gasteiger partial charge < -0.3 is 0 Å². The number of hydrogen-bond donors (Lipinski definition) is 0. The van der Waals surface area contributed by atoms with Gasteiger partial charge in [0.25, 0.3) is 0 Å². The topological polar surface area (TPSA) is 0 Å². The van der Waals surface area contributed by atoms with Crippen LogP contribution in [0.3, 0.4) is 0 Å². The summed E-state index contributed by atoms with van der Waals surface area (Å²) in [5.41, 5.74) is 0. The quantitative estimate of drug-likeness (QED) is 0.230. The van der Waals surface area contributed by atoms with E-state index in [4.69, 9.17) is 0 Å². The Hall–Kier alpha value is 0.730. The third-order valence-corrected chi connectivity index (χ3v) is 9.88. The molecule has 0 spiro atoms. The molecule has 0 heterocycles. The van der Waals surface area contributed by atoms with E-state index >= 15 is 0 Å². The zero-order chi connectivity index (χ0) is 12.1. The van der Waals surface area contributed by atoms with E-state index in [0.717, 1.165) is 0 Å². The van der Waals surface area contributed by atoms with Gasteiger partial charge in [-0.1, -0.05) is 0 Å². The van der Waals surface area contributed by atoms with Crippen molar-refractivity contribution in [1.29, 1.82) is 0 Å². The molecule has 0 saturated heterocycles. The number of alkyl halides is 3. The van der Waals surface area contributed by atoms with Crippen molar-refractivity contribution in [3.63, 3.8) is 0 Å². The van der Waals surface area contributed by atoms with Gasteiger partial charge in [-0.05, 0) is 0 Å². The Balaban J connectivity index is 3.58. The van der Waals surface area contributed by atoms with Crippen LogP contribution in [0, 0.1) is 0 Å². The molecular formula is C15H33I. The first-order chi connectivity index (χ1) is 7.85. The molecule has 0 aliphatic heterocycles. The molecule has 0 aromatic carbocycles. The van der Waals surface area contributed by atoms with Gasteiger partial charge in [-0.2, -0.15) is 0 Å². The molecule has 0 fully saturated rings. The standard InChI is InChI=1S/C15H33I/c1-4-7-10-13-16(14-11-8-5-2)15-12-9-6-3/h4-15H2,1-3H3. The van der Waals surface area contributed by atoms with Crippen molar-refractivity contribution in [3.8, 4) is 0 Å². The predicted octanol–water partition coefficient (Wildman–Crippen LogP) is 6.06. The summed E-state index contributed by atoms with van der Waals surface area (Å²) in [7, 11) is 0. The van der Waals surface area contributed by atoms with Crippen molar-refractivity contribution in [2.24, 2.45) is 0 Å². The normalized spacial score (nSPS) is 11.8. The molecule has 0 aliphatic carbocycles. The molecule has 0 aromatic rings. The predicted molar refractivity (Wildman–Crippen MR) is 87.2 cm³/mol. The van der Waals surface area contributed by atoms with Crippen LogP contribution < -0.4 is 0 Å². The van der Waals surface area contributed by atoms with E-state index in [-0.39, 0.29) is 0 Å². The van der Waals surface area contributed by atoms with Crippen LogP contribution in [0.15, 0.2) is 0 Å². The van der Waals surface area contributed by atoms with E-state index in [1.54, 1.807) is 32.5 Å². The molecule has 0 radical (unpaired) electrons. The Kier molecular flexibility index (Phi) is 14.4. The fourth-order valence-electron chi connectivity index (χ4n) is 1.88. The molecule has 0 saturated carbocycles. The Morgan fingerprint density at radius 2 is 0.812 bits per heavy atom. The Morgan fingerprint density at radius 3 is 1.06 bits per heavy atom. The van der Waals surface area contributed by atoms with Crippen LogP contribution >= 0.6 is 19.8 Å². The van der Waals surface area contributed by atoms with Crippen molar-refractivity contribution in [1.82, 2.24) is 0 Å². The maximum atomic E-state index is 2.33. The van der Waals surface area contributed by atoms with E-state index in [1.807, 2.05) is 0 Å². The van der Waals surface area contributed by atoms with Gasteiger partial charge in [0, 0.05) is 0 Å². The van der Waals surface area contributed by atoms with E-state index < -0.39 is 19.8 Å². The van der Waals surface area contributed by atoms with Crippen LogP contribution in [0.4, 0.5) is 0 Å². The number of rotatable bonds is 12. The Bertz CT molecular complexity index is 98.8. The summed E-state index contributed by atoms with van der Waals surface area (Å²) in [5.74, 6) is 0. The van der Waals surface area contributed by atoms with Crippen molar-refractivity contribution in [2.75, 3.05) is 13.3 Å². The fourth-order valence-corrected chi connectivity index (χ4v) is 8.36. The minimum atomic E-state index is -0.505. The minimum absolute atomic E-state index is 0.505. The second-order valence-electron chi connectivity index (χ2n) is 4.76. The van der Waals surface area contributed by atoms with Crippen molar-refractivity contribution < 1.29 is 0 Å². The zero-order valence-corrected chi connectivity index (χ0v) is 14.0. The molecule has 16 heavy (non-hydrogen) atoms. The second-order valence-corrected chi connectivity index (χ2v) is 11.2. The molecule has 0 unspecified atom stereocenters. The third kappa shape index (κ3) is 11.2. The molecule has 0 amide bonds. The van der Waals surface area contributed by atoms with Crippen LogP contribution in [0.1, 0.15) is 78.6 Å². The van der Waals surface area contributed by atoms with E-state index in [0.29, 0.717) is 0 Å².